The Kier molecular flexibility index (Phi) is 4.15. The molecule has 104 valence electrons. The first-order valence-electron chi connectivity index (χ1n) is 6.03. The summed E-state index contributed by atoms with van der Waals surface area (Å²) >= 11 is 6.07. The maximum absolute atomic E-state index is 11.4. The standard InChI is InChI=1S/C15H15ClN2O2/c1-9-11(16)4-3-5-13(9)18-14-7-6-10(8-12(14)17)15(19)20-2/h3-8,18H,17H2,1-2H3. The summed E-state index contributed by atoms with van der Waals surface area (Å²) in [7, 11) is 1.33. The number of hydrogen-bond acceptors (Lipinski definition) is 4. The van der Waals surface area contributed by atoms with Crippen molar-refractivity contribution in [3.8, 4) is 0 Å². The molecule has 0 saturated carbocycles. The predicted molar refractivity (Wildman–Crippen MR) is 81.7 cm³/mol. The Labute approximate surface area is 122 Å². The molecule has 5 heteroatoms. The smallest absolute Gasteiger partial charge is 0.337 e. The quantitative estimate of drug-likeness (QED) is 0.667. The molecule has 0 saturated heterocycles. The van der Waals surface area contributed by atoms with Gasteiger partial charge in [0.05, 0.1) is 24.0 Å². The van der Waals surface area contributed by atoms with E-state index in [4.69, 9.17) is 17.3 Å². The van der Waals surface area contributed by atoms with Gasteiger partial charge < -0.3 is 15.8 Å². The highest BCUT2D eigenvalue weighted by atomic mass is 35.5. The summed E-state index contributed by atoms with van der Waals surface area (Å²) in [6, 6.07) is 10.6. The van der Waals surface area contributed by atoms with Gasteiger partial charge in [-0.3, -0.25) is 0 Å². The van der Waals surface area contributed by atoms with Crippen LogP contribution in [0, 0.1) is 6.92 Å². The van der Waals surface area contributed by atoms with E-state index < -0.39 is 5.97 Å². The third kappa shape index (κ3) is 2.86. The minimum absolute atomic E-state index is 0.415. The summed E-state index contributed by atoms with van der Waals surface area (Å²) in [4.78, 5) is 11.4. The Balaban J connectivity index is 2.30. The second-order valence-electron chi connectivity index (χ2n) is 4.33. The molecular weight excluding hydrogens is 276 g/mol. The van der Waals surface area contributed by atoms with Crippen molar-refractivity contribution in [3.05, 3.63) is 52.5 Å². The van der Waals surface area contributed by atoms with Crippen molar-refractivity contribution in [3.63, 3.8) is 0 Å². The Morgan fingerprint density at radius 3 is 2.65 bits per heavy atom. The zero-order valence-corrected chi connectivity index (χ0v) is 12.0. The van der Waals surface area contributed by atoms with Crippen molar-refractivity contribution in [2.75, 3.05) is 18.2 Å². The van der Waals surface area contributed by atoms with Crippen molar-refractivity contribution in [1.29, 1.82) is 0 Å². The van der Waals surface area contributed by atoms with E-state index in [9.17, 15) is 4.79 Å². The predicted octanol–water partition coefficient (Wildman–Crippen LogP) is 3.76. The second kappa shape index (κ2) is 5.84. The molecule has 0 atom stereocenters. The zero-order chi connectivity index (χ0) is 14.7. The van der Waals surface area contributed by atoms with Gasteiger partial charge in [0.15, 0.2) is 0 Å². The Hall–Kier alpha value is -2.20. The topological polar surface area (TPSA) is 64.3 Å². The number of nitrogen functional groups attached to an aromatic ring is 1. The van der Waals surface area contributed by atoms with E-state index >= 15 is 0 Å². The SMILES string of the molecule is COC(=O)c1ccc(Nc2cccc(Cl)c2C)c(N)c1. The third-order valence-electron chi connectivity index (χ3n) is 3.01. The molecule has 0 unspecified atom stereocenters. The fourth-order valence-corrected chi connectivity index (χ4v) is 1.98. The molecule has 0 heterocycles. The number of ether oxygens (including phenoxy) is 1. The van der Waals surface area contributed by atoms with Gasteiger partial charge in [-0.05, 0) is 42.8 Å². The molecule has 0 aromatic heterocycles. The monoisotopic (exact) mass is 290 g/mol. The molecule has 0 amide bonds. The Morgan fingerprint density at radius 1 is 1.25 bits per heavy atom. The van der Waals surface area contributed by atoms with Crippen LogP contribution in [0.4, 0.5) is 17.1 Å². The minimum Gasteiger partial charge on any atom is -0.465 e. The number of hydrogen-bond donors (Lipinski definition) is 2. The van der Waals surface area contributed by atoms with Crippen LogP contribution in [0.2, 0.25) is 5.02 Å². The molecule has 0 spiro atoms. The first-order chi connectivity index (χ1) is 9.52. The lowest BCUT2D eigenvalue weighted by atomic mass is 10.1. The largest absolute Gasteiger partial charge is 0.465 e. The number of nitrogens with two attached hydrogens (primary N) is 1. The fourth-order valence-electron chi connectivity index (χ4n) is 1.81. The first kappa shape index (κ1) is 14.2. The molecule has 0 aliphatic heterocycles. The zero-order valence-electron chi connectivity index (χ0n) is 11.2. The summed E-state index contributed by atoms with van der Waals surface area (Å²) in [5, 5.41) is 3.88. The van der Waals surface area contributed by atoms with Crippen LogP contribution in [0.5, 0.6) is 0 Å². The number of methoxy groups -OCH3 is 1. The highest BCUT2D eigenvalue weighted by molar-refractivity contribution is 6.31. The number of halogens is 1. The summed E-state index contributed by atoms with van der Waals surface area (Å²) in [6.07, 6.45) is 0. The number of nitrogens with one attached hydrogen (secondary N) is 1. The number of rotatable bonds is 3. The lowest BCUT2D eigenvalue weighted by molar-refractivity contribution is 0.0601. The lowest BCUT2D eigenvalue weighted by Gasteiger charge is -2.13. The van der Waals surface area contributed by atoms with Crippen LogP contribution in [-0.2, 0) is 4.74 Å². The summed E-state index contributed by atoms with van der Waals surface area (Å²) in [6.45, 7) is 1.92. The summed E-state index contributed by atoms with van der Waals surface area (Å²) in [5.41, 5.74) is 9.34. The molecule has 0 aliphatic carbocycles. The number of carbonyl (C=O) groups excluding carboxylic acids is 1. The Bertz CT molecular complexity index is 656. The summed E-state index contributed by atoms with van der Waals surface area (Å²) in [5.74, 6) is -0.415. The molecule has 0 radical (unpaired) electrons. The van der Waals surface area contributed by atoms with Crippen LogP contribution in [0.25, 0.3) is 0 Å². The van der Waals surface area contributed by atoms with E-state index in [1.807, 2.05) is 25.1 Å². The molecule has 0 bridgehead atoms. The summed E-state index contributed by atoms with van der Waals surface area (Å²) < 4.78 is 4.65. The number of benzene rings is 2. The van der Waals surface area contributed by atoms with Crippen LogP contribution in [0.3, 0.4) is 0 Å². The molecular formula is C15H15ClN2O2. The number of esters is 1. The van der Waals surface area contributed by atoms with Crippen molar-refractivity contribution in [2.24, 2.45) is 0 Å². The van der Waals surface area contributed by atoms with E-state index in [1.54, 1.807) is 18.2 Å². The molecule has 4 nitrogen and oxygen atoms in total. The highest BCUT2D eigenvalue weighted by Gasteiger charge is 2.09. The van der Waals surface area contributed by atoms with Crippen LogP contribution in [-0.4, -0.2) is 13.1 Å². The molecule has 20 heavy (non-hydrogen) atoms. The lowest BCUT2D eigenvalue weighted by Crippen LogP contribution is -2.04. The molecule has 0 fully saturated rings. The average molecular weight is 291 g/mol. The molecule has 0 aliphatic rings. The van der Waals surface area contributed by atoms with Gasteiger partial charge in [-0.1, -0.05) is 17.7 Å². The normalized spacial score (nSPS) is 10.2. The van der Waals surface area contributed by atoms with Crippen LogP contribution in [0.1, 0.15) is 15.9 Å². The van der Waals surface area contributed by atoms with E-state index in [2.05, 4.69) is 10.1 Å². The van der Waals surface area contributed by atoms with Gasteiger partial charge in [0.25, 0.3) is 0 Å². The van der Waals surface area contributed by atoms with Crippen LogP contribution < -0.4 is 11.1 Å². The number of carbonyl (C=O) groups is 1. The Morgan fingerprint density at radius 2 is 2.00 bits per heavy atom. The maximum atomic E-state index is 11.4. The van der Waals surface area contributed by atoms with Gasteiger partial charge in [-0.25, -0.2) is 4.79 Å². The average Bonchev–Trinajstić information content (AvgIpc) is 2.45. The second-order valence-corrected chi connectivity index (χ2v) is 4.74. The molecule has 3 N–H and O–H groups in total. The molecule has 2 aromatic carbocycles. The maximum Gasteiger partial charge on any atom is 0.337 e. The van der Waals surface area contributed by atoms with Gasteiger partial charge in [-0.2, -0.15) is 0 Å². The van der Waals surface area contributed by atoms with Gasteiger partial charge in [0, 0.05) is 10.7 Å². The van der Waals surface area contributed by atoms with Gasteiger partial charge in [-0.15, -0.1) is 0 Å². The van der Waals surface area contributed by atoms with Crippen molar-refractivity contribution in [2.45, 2.75) is 6.92 Å². The van der Waals surface area contributed by atoms with Crippen LogP contribution in [0.15, 0.2) is 36.4 Å². The fraction of sp³-hybridized carbons (Fsp3) is 0.133. The number of anilines is 3. The van der Waals surface area contributed by atoms with Gasteiger partial charge in [0.1, 0.15) is 0 Å². The van der Waals surface area contributed by atoms with Gasteiger partial charge >= 0.3 is 5.97 Å². The van der Waals surface area contributed by atoms with E-state index in [0.29, 0.717) is 22.0 Å². The van der Waals surface area contributed by atoms with Crippen molar-refractivity contribution >= 4 is 34.6 Å². The molecule has 2 aromatic rings. The van der Waals surface area contributed by atoms with Gasteiger partial charge in [0.2, 0.25) is 0 Å². The molecule has 2 rings (SSSR count). The van der Waals surface area contributed by atoms with E-state index in [0.717, 1.165) is 11.3 Å². The van der Waals surface area contributed by atoms with Crippen molar-refractivity contribution < 1.29 is 9.53 Å². The van der Waals surface area contributed by atoms with Crippen LogP contribution >= 0.6 is 11.6 Å². The first-order valence-corrected chi connectivity index (χ1v) is 6.40. The minimum atomic E-state index is -0.415. The van der Waals surface area contributed by atoms with E-state index in [1.165, 1.54) is 7.11 Å². The van der Waals surface area contributed by atoms with Crippen molar-refractivity contribution in [1.82, 2.24) is 0 Å². The van der Waals surface area contributed by atoms with E-state index in [-0.39, 0.29) is 0 Å². The third-order valence-corrected chi connectivity index (χ3v) is 3.42. The highest BCUT2D eigenvalue weighted by Crippen LogP contribution is 2.29.